The Morgan fingerprint density at radius 1 is 0.917 bits per heavy atom. The molecule has 2 nitrogen and oxygen atoms in total. The van der Waals surface area contributed by atoms with Gasteiger partial charge in [0.2, 0.25) is 0 Å². The molecule has 4 heteroatoms. The van der Waals surface area contributed by atoms with Crippen molar-refractivity contribution in [3.8, 4) is 0 Å². The third kappa shape index (κ3) is 4.30. The lowest BCUT2D eigenvalue weighted by molar-refractivity contribution is -0.904. The summed E-state index contributed by atoms with van der Waals surface area (Å²) in [6, 6.07) is 20.1. The molecule has 1 aliphatic rings. The third-order valence-corrected chi connectivity index (χ3v) is 8.56. The van der Waals surface area contributed by atoms with E-state index in [4.69, 9.17) is 0 Å². The van der Waals surface area contributed by atoms with Gasteiger partial charge in [-0.05, 0) is 18.8 Å². The zero-order valence-corrected chi connectivity index (χ0v) is 17.6. The van der Waals surface area contributed by atoms with Crippen molar-refractivity contribution >= 4 is 17.8 Å². The van der Waals surface area contributed by atoms with Crippen LogP contribution >= 0.6 is 7.14 Å². The van der Waals surface area contributed by atoms with Crippen LogP contribution < -0.4 is 34.6 Å². The van der Waals surface area contributed by atoms with Crippen LogP contribution in [0.2, 0.25) is 0 Å². The highest BCUT2D eigenvalue weighted by Crippen LogP contribution is 2.46. The molecule has 1 fully saturated rings. The molecular weight excluding hydrogens is 428 g/mol. The molecule has 0 unspecified atom stereocenters. The average molecular weight is 455 g/mol. The lowest BCUT2D eigenvalue weighted by atomic mass is 9.98. The summed E-state index contributed by atoms with van der Waals surface area (Å²) in [6.07, 6.45) is 3.20. The van der Waals surface area contributed by atoms with Crippen LogP contribution in [0, 0.1) is 5.92 Å². The molecule has 130 valence electrons. The summed E-state index contributed by atoms with van der Waals surface area (Å²) in [5, 5.41) is 1.98. The Morgan fingerprint density at radius 2 is 1.33 bits per heavy atom. The lowest BCUT2D eigenvalue weighted by Gasteiger charge is -2.42. The molecule has 0 spiro atoms. The SMILES string of the molecule is CC1CC[N+](C)(CP(=O)(c2ccccc2)c2ccccc2)CC1.[I-]. The van der Waals surface area contributed by atoms with Crippen LogP contribution in [0.5, 0.6) is 0 Å². The minimum Gasteiger partial charge on any atom is -1.00 e. The molecule has 0 radical (unpaired) electrons. The normalized spacial score (nSPS) is 24.2. The van der Waals surface area contributed by atoms with Gasteiger partial charge in [-0.15, -0.1) is 0 Å². The monoisotopic (exact) mass is 455 g/mol. The predicted molar refractivity (Wildman–Crippen MR) is 98.9 cm³/mol. The highest BCUT2D eigenvalue weighted by Gasteiger charge is 2.39. The summed E-state index contributed by atoms with van der Waals surface area (Å²) < 4.78 is 15.1. The van der Waals surface area contributed by atoms with Crippen molar-refractivity contribution < 1.29 is 33.0 Å². The average Bonchev–Trinajstić information content (AvgIpc) is 2.59. The van der Waals surface area contributed by atoms with E-state index >= 15 is 0 Å². The van der Waals surface area contributed by atoms with Crippen LogP contribution in [0.3, 0.4) is 0 Å². The summed E-state index contributed by atoms with van der Waals surface area (Å²) >= 11 is 0. The van der Waals surface area contributed by atoms with Crippen molar-refractivity contribution in [2.75, 3.05) is 26.4 Å². The smallest absolute Gasteiger partial charge is 0.195 e. The maximum atomic E-state index is 14.2. The molecule has 1 aliphatic heterocycles. The van der Waals surface area contributed by atoms with E-state index in [1.807, 2.05) is 60.7 Å². The quantitative estimate of drug-likeness (QED) is 0.380. The second kappa shape index (κ2) is 8.16. The number of hydrogen-bond donors (Lipinski definition) is 0. The Labute approximate surface area is 163 Å². The van der Waals surface area contributed by atoms with E-state index < -0.39 is 7.14 Å². The summed E-state index contributed by atoms with van der Waals surface area (Å²) in [4.78, 5) is 0. The molecule has 0 bridgehead atoms. The molecule has 24 heavy (non-hydrogen) atoms. The number of benzene rings is 2. The standard InChI is InChI=1S/C20H27NOP.HI/c1-18-13-15-21(2,16-14-18)17-23(22,19-9-5-3-6-10-19)20-11-7-4-8-12-20;/h3-12,18H,13-17H2,1-2H3;1H/q+1;/p-1. The van der Waals surface area contributed by atoms with Crippen molar-refractivity contribution in [3.63, 3.8) is 0 Å². The largest absolute Gasteiger partial charge is 1.00 e. The van der Waals surface area contributed by atoms with E-state index in [1.165, 1.54) is 12.8 Å². The first-order valence-corrected chi connectivity index (χ1v) is 10.4. The second-order valence-electron chi connectivity index (χ2n) is 7.30. The molecule has 0 saturated carbocycles. The van der Waals surface area contributed by atoms with Crippen molar-refractivity contribution in [1.29, 1.82) is 0 Å². The van der Waals surface area contributed by atoms with Crippen LogP contribution in [0.25, 0.3) is 0 Å². The fourth-order valence-electron chi connectivity index (χ4n) is 3.59. The van der Waals surface area contributed by atoms with Gasteiger partial charge in [0, 0.05) is 10.6 Å². The maximum absolute atomic E-state index is 14.2. The number of likely N-dealkylation sites (tertiary alicyclic amines) is 1. The molecule has 0 aliphatic carbocycles. The van der Waals surface area contributed by atoms with Crippen LogP contribution in [0.4, 0.5) is 0 Å². The van der Waals surface area contributed by atoms with Gasteiger partial charge >= 0.3 is 0 Å². The highest BCUT2D eigenvalue weighted by atomic mass is 127. The Hall–Kier alpha value is -0.640. The molecule has 0 amide bonds. The fourth-order valence-corrected chi connectivity index (χ4v) is 6.77. The Balaban J connectivity index is 0.00000208. The molecule has 0 N–H and O–H groups in total. The Bertz CT molecular complexity index is 638. The first-order valence-electron chi connectivity index (χ1n) is 8.56. The number of rotatable bonds is 4. The van der Waals surface area contributed by atoms with Gasteiger partial charge in [0.25, 0.3) is 0 Å². The van der Waals surface area contributed by atoms with Gasteiger partial charge in [0.15, 0.2) is 7.14 Å². The van der Waals surface area contributed by atoms with E-state index in [2.05, 4.69) is 14.0 Å². The number of nitrogens with zero attached hydrogens (tertiary/aromatic N) is 1. The van der Waals surface area contributed by atoms with Crippen molar-refractivity contribution in [2.24, 2.45) is 5.92 Å². The second-order valence-corrected chi connectivity index (χ2v) is 10.1. The molecule has 2 aromatic carbocycles. The molecule has 1 saturated heterocycles. The maximum Gasteiger partial charge on any atom is 0.195 e. The van der Waals surface area contributed by atoms with E-state index in [-0.39, 0.29) is 24.0 Å². The molecule has 1 heterocycles. The molecule has 0 aromatic heterocycles. The van der Waals surface area contributed by atoms with Crippen LogP contribution in [-0.2, 0) is 4.57 Å². The van der Waals surface area contributed by atoms with Crippen LogP contribution in [-0.4, -0.2) is 30.9 Å². The van der Waals surface area contributed by atoms with Gasteiger partial charge < -0.3 is 33.0 Å². The number of piperidine rings is 1. The third-order valence-electron chi connectivity index (χ3n) is 5.21. The zero-order chi connectivity index (χ0) is 16.3. The van der Waals surface area contributed by atoms with E-state index in [0.29, 0.717) is 0 Å². The topological polar surface area (TPSA) is 17.1 Å². The Kier molecular flexibility index (Phi) is 6.69. The first kappa shape index (κ1) is 19.7. The molecule has 3 rings (SSSR count). The van der Waals surface area contributed by atoms with Crippen LogP contribution in [0.1, 0.15) is 19.8 Å². The zero-order valence-electron chi connectivity index (χ0n) is 14.6. The van der Waals surface area contributed by atoms with Crippen molar-refractivity contribution in [2.45, 2.75) is 19.8 Å². The molecule has 0 atom stereocenters. The minimum absolute atomic E-state index is 0. The van der Waals surface area contributed by atoms with Gasteiger partial charge in [0.05, 0.1) is 20.1 Å². The van der Waals surface area contributed by atoms with Gasteiger partial charge in [-0.1, -0.05) is 67.6 Å². The van der Waals surface area contributed by atoms with Gasteiger partial charge in [-0.3, -0.25) is 0 Å². The summed E-state index contributed by atoms with van der Waals surface area (Å²) in [5.41, 5.74) is 0. The van der Waals surface area contributed by atoms with E-state index in [1.54, 1.807) is 0 Å². The number of quaternary nitrogens is 1. The van der Waals surface area contributed by atoms with Gasteiger partial charge in [-0.2, -0.15) is 0 Å². The van der Waals surface area contributed by atoms with Gasteiger partial charge in [-0.25, -0.2) is 0 Å². The predicted octanol–water partition coefficient (Wildman–Crippen LogP) is 0.839. The van der Waals surface area contributed by atoms with Crippen molar-refractivity contribution in [1.82, 2.24) is 0 Å². The fraction of sp³-hybridized carbons (Fsp3) is 0.400. The molecular formula is C20H27INOP. The first-order chi connectivity index (χ1) is 11.0. The van der Waals surface area contributed by atoms with Crippen LogP contribution in [0.15, 0.2) is 60.7 Å². The van der Waals surface area contributed by atoms with Gasteiger partial charge in [0.1, 0.15) is 6.29 Å². The Morgan fingerprint density at radius 3 is 1.75 bits per heavy atom. The van der Waals surface area contributed by atoms with E-state index in [9.17, 15) is 4.57 Å². The lowest BCUT2D eigenvalue weighted by Crippen LogP contribution is -3.00. The van der Waals surface area contributed by atoms with E-state index in [0.717, 1.165) is 40.4 Å². The number of hydrogen-bond acceptors (Lipinski definition) is 1. The number of halogens is 1. The molecule has 2 aromatic rings. The summed E-state index contributed by atoms with van der Waals surface area (Å²) in [5.74, 6) is 0.800. The van der Waals surface area contributed by atoms with Crippen molar-refractivity contribution in [3.05, 3.63) is 60.7 Å². The minimum atomic E-state index is -2.61. The highest BCUT2D eigenvalue weighted by molar-refractivity contribution is 7.78. The summed E-state index contributed by atoms with van der Waals surface area (Å²) in [6.45, 7) is 4.59. The summed E-state index contributed by atoms with van der Waals surface area (Å²) in [7, 11) is -0.323.